The van der Waals surface area contributed by atoms with Crippen molar-refractivity contribution in [2.24, 2.45) is 7.05 Å². The van der Waals surface area contributed by atoms with Gasteiger partial charge in [-0.1, -0.05) is 18.2 Å². The number of rotatable bonds is 4. The molecule has 0 aliphatic rings. The van der Waals surface area contributed by atoms with Crippen molar-refractivity contribution in [3.05, 3.63) is 41.6 Å². The molecule has 0 amide bonds. The van der Waals surface area contributed by atoms with Gasteiger partial charge in [0, 0.05) is 13.6 Å². The Hall–Kier alpha value is -1.81. The summed E-state index contributed by atoms with van der Waals surface area (Å²) in [6.45, 7) is 2.74. The van der Waals surface area contributed by atoms with Gasteiger partial charge in [0.2, 0.25) is 5.88 Å². The molecule has 2 aromatic rings. The van der Waals surface area contributed by atoms with Gasteiger partial charge in [-0.15, -0.1) is 0 Å². The van der Waals surface area contributed by atoms with Crippen molar-refractivity contribution in [1.82, 2.24) is 15.1 Å². The summed E-state index contributed by atoms with van der Waals surface area (Å²) in [6.07, 6.45) is 0. The average molecular weight is 231 g/mol. The molecule has 17 heavy (non-hydrogen) atoms. The number of hydrogen-bond acceptors (Lipinski definition) is 3. The third kappa shape index (κ3) is 2.47. The standard InChI is InChI=1S/C13H17N3O/c1-10-12(9-14-2)13(16(3)15-10)17-11-7-5-4-6-8-11/h4-8,14H,9H2,1-3H3. The lowest BCUT2D eigenvalue weighted by Gasteiger charge is -2.08. The Morgan fingerprint density at radius 2 is 2.00 bits per heavy atom. The molecule has 0 saturated carbocycles. The van der Waals surface area contributed by atoms with Crippen molar-refractivity contribution in [3.63, 3.8) is 0 Å². The van der Waals surface area contributed by atoms with Crippen LogP contribution in [0.5, 0.6) is 11.6 Å². The van der Waals surface area contributed by atoms with Crippen LogP contribution in [0.4, 0.5) is 0 Å². The zero-order valence-electron chi connectivity index (χ0n) is 10.4. The van der Waals surface area contributed by atoms with E-state index in [-0.39, 0.29) is 0 Å². The summed E-state index contributed by atoms with van der Waals surface area (Å²) in [5.74, 6) is 1.62. The molecule has 0 atom stereocenters. The van der Waals surface area contributed by atoms with Gasteiger partial charge in [-0.25, -0.2) is 4.68 Å². The number of para-hydroxylation sites is 1. The first-order valence-electron chi connectivity index (χ1n) is 5.62. The van der Waals surface area contributed by atoms with Crippen LogP contribution in [0.25, 0.3) is 0 Å². The highest BCUT2D eigenvalue weighted by molar-refractivity contribution is 5.35. The molecule has 90 valence electrons. The van der Waals surface area contributed by atoms with Gasteiger partial charge in [0.15, 0.2) is 0 Å². The van der Waals surface area contributed by atoms with E-state index >= 15 is 0 Å². The lowest BCUT2D eigenvalue weighted by molar-refractivity contribution is 0.424. The van der Waals surface area contributed by atoms with Crippen LogP contribution in [0.3, 0.4) is 0 Å². The second-order valence-corrected chi connectivity index (χ2v) is 3.94. The minimum Gasteiger partial charge on any atom is -0.439 e. The first kappa shape index (κ1) is 11.7. The molecule has 1 aromatic heterocycles. The molecule has 0 fully saturated rings. The highest BCUT2D eigenvalue weighted by Crippen LogP contribution is 2.26. The Balaban J connectivity index is 2.31. The molecule has 0 spiro atoms. The molecule has 4 nitrogen and oxygen atoms in total. The first-order valence-corrected chi connectivity index (χ1v) is 5.62. The number of aromatic nitrogens is 2. The molecule has 0 unspecified atom stereocenters. The molecule has 0 bridgehead atoms. The second-order valence-electron chi connectivity index (χ2n) is 3.94. The van der Waals surface area contributed by atoms with Crippen molar-refractivity contribution in [2.75, 3.05) is 7.05 Å². The zero-order chi connectivity index (χ0) is 12.3. The Kier molecular flexibility index (Phi) is 3.44. The molecule has 1 aromatic carbocycles. The summed E-state index contributed by atoms with van der Waals surface area (Å²) in [6, 6.07) is 9.75. The lowest BCUT2D eigenvalue weighted by Crippen LogP contribution is -2.07. The molecular weight excluding hydrogens is 214 g/mol. The van der Waals surface area contributed by atoms with Gasteiger partial charge < -0.3 is 10.1 Å². The number of benzene rings is 1. The fraction of sp³-hybridized carbons (Fsp3) is 0.308. The SMILES string of the molecule is CNCc1c(C)nn(C)c1Oc1ccccc1. The third-order valence-electron chi connectivity index (χ3n) is 2.60. The van der Waals surface area contributed by atoms with Gasteiger partial charge in [0.1, 0.15) is 5.75 Å². The summed E-state index contributed by atoms with van der Waals surface area (Å²) < 4.78 is 7.65. The summed E-state index contributed by atoms with van der Waals surface area (Å²) in [5.41, 5.74) is 2.09. The molecule has 4 heteroatoms. The Bertz CT molecular complexity index is 491. The maximum Gasteiger partial charge on any atom is 0.222 e. The van der Waals surface area contributed by atoms with Gasteiger partial charge in [0.25, 0.3) is 0 Å². The minimum atomic E-state index is 0.752. The molecule has 0 radical (unpaired) electrons. The second kappa shape index (κ2) is 5.01. The van der Waals surface area contributed by atoms with E-state index in [0.717, 1.165) is 29.4 Å². The van der Waals surface area contributed by atoms with E-state index in [4.69, 9.17) is 4.74 Å². The van der Waals surface area contributed by atoms with E-state index in [1.165, 1.54) is 0 Å². The van der Waals surface area contributed by atoms with E-state index in [0.29, 0.717) is 0 Å². The number of nitrogens with zero attached hydrogens (tertiary/aromatic N) is 2. The number of aryl methyl sites for hydroxylation is 2. The van der Waals surface area contributed by atoms with Crippen molar-refractivity contribution < 1.29 is 4.74 Å². The fourth-order valence-corrected chi connectivity index (χ4v) is 1.79. The van der Waals surface area contributed by atoms with Crippen molar-refractivity contribution in [1.29, 1.82) is 0 Å². The fourth-order valence-electron chi connectivity index (χ4n) is 1.79. The maximum absolute atomic E-state index is 5.87. The van der Waals surface area contributed by atoms with Crippen LogP contribution in [0.1, 0.15) is 11.3 Å². The smallest absolute Gasteiger partial charge is 0.222 e. The Morgan fingerprint density at radius 3 is 2.65 bits per heavy atom. The number of nitrogens with one attached hydrogen (secondary N) is 1. The molecular formula is C13H17N3O. The van der Waals surface area contributed by atoms with Crippen molar-refractivity contribution >= 4 is 0 Å². The van der Waals surface area contributed by atoms with E-state index in [9.17, 15) is 0 Å². The highest BCUT2D eigenvalue weighted by Gasteiger charge is 2.14. The molecule has 1 N–H and O–H groups in total. The van der Waals surface area contributed by atoms with Crippen molar-refractivity contribution in [3.8, 4) is 11.6 Å². The number of hydrogen-bond donors (Lipinski definition) is 1. The van der Waals surface area contributed by atoms with E-state index < -0.39 is 0 Å². The maximum atomic E-state index is 5.87. The third-order valence-corrected chi connectivity index (χ3v) is 2.60. The normalized spacial score (nSPS) is 10.5. The summed E-state index contributed by atoms with van der Waals surface area (Å²) in [4.78, 5) is 0. The van der Waals surface area contributed by atoms with Gasteiger partial charge >= 0.3 is 0 Å². The van der Waals surface area contributed by atoms with Crippen LogP contribution in [0.2, 0.25) is 0 Å². The predicted molar refractivity (Wildman–Crippen MR) is 67.2 cm³/mol. The minimum absolute atomic E-state index is 0.752. The first-order chi connectivity index (χ1) is 8.22. The molecule has 0 aliphatic carbocycles. The number of ether oxygens (including phenoxy) is 1. The molecule has 1 heterocycles. The van der Waals surface area contributed by atoms with Gasteiger partial charge in [0.05, 0.1) is 11.3 Å². The molecule has 0 saturated heterocycles. The van der Waals surface area contributed by atoms with Crippen LogP contribution in [0.15, 0.2) is 30.3 Å². The molecule has 0 aliphatic heterocycles. The van der Waals surface area contributed by atoms with Crippen molar-refractivity contribution in [2.45, 2.75) is 13.5 Å². The quantitative estimate of drug-likeness (QED) is 0.877. The Morgan fingerprint density at radius 1 is 1.29 bits per heavy atom. The molecule has 2 rings (SSSR count). The predicted octanol–water partition coefficient (Wildman–Crippen LogP) is 2.24. The zero-order valence-corrected chi connectivity index (χ0v) is 10.4. The van der Waals surface area contributed by atoms with E-state index in [1.54, 1.807) is 4.68 Å². The summed E-state index contributed by atoms with van der Waals surface area (Å²) in [7, 11) is 3.81. The Labute approximate surface area is 101 Å². The highest BCUT2D eigenvalue weighted by atomic mass is 16.5. The largest absolute Gasteiger partial charge is 0.439 e. The van der Waals surface area contributed by atoms with Crippen LogP contribution < -0.4 is 10.1 Å². The summed E-state index contributed by atoms with van der Waals surface area (Å²) >= 11 is 0. The van der Waals surface area contributed by atoms with Crippen LogP contribution in [0, 0.1) is 6.92 Å². The topological polar surface area (TPSA) is 39.1 Å². The van der Waals surface area contributed by atoms with Crippen LogP contribution in [-0.2, 0) is 13.6 Å². The van der Waals surface area contributed by atoms with Gasteiger partial charge in [-0.05, 0) is 26.1 Å². The van der Waals surface area contributed by atoms with Gasteiger partial charge in [-0.3, -0.25) is 0 Å². The van der Waals surface area contributed by atoms with E-state index in [1.807, 2.05) is 51.4 Å². The van der Waals surface area contributed by atoms with Crippen LogP contribution in [-0.4, -0.2) is 16.8 Å². The summed E-state index contributed by atoms with van der Waals surface area (Å²) in [5, 5.41) is 7.51. The van der Waals surface area contributed by atoms with Gasteiger partial charge in [-0.2, -0.15) is 5.10 Å². The monoisotopic (exact) mass is 231 g/mol. The lowest BCUT2D eigenvalue weighted by atomic mass is 10.2. The van der Waals surface area contributed by atoms with E-state index in [2.05, 4.69) is 10.4 Å². The average Bonchev–Trinajstić information content (AvgIpc) is 2.58. The van der Waals surface area contributed by atoms with Crippen LogP contribution >= 0.6 is 0 Å².